The Morgan fingerprint density at radius 1 is 1.00 bits per heavy atom. The van der Waals surface area contributed by atoms with E-state index in [-0.39, 0.29) is 29.6 Å². The summed E-state index contributed by atoms with van der Waals surface area (Å²) in [5, 5.41) is 1.96. The average molecular weight is 543 g/mol. The summed E-state index contributed by atoms with van der Waals surface area (Å²) in [5.41, 5.74) is 1.84. The highest BCUT2D eigenvalue weighted by Gasteiger charge is 2.31. The third-order valence-corrected chi connectivity index (χ3v) is 9.18. The molecule has 0 N–H and O–H groups in total. The van der Waals surface area contributed by atoms with Gasteiger partial charge < -0.3 is 14.4 Å². The van der Waals surface area contributed by atoms with Gasteiger partial charge in [0.25, 0.3) is 0 Å². The molecule has 4 rings (SSSR count). The lowest BCUT2D eigenvalue weighted by Gasteiger charge is -2.29. The van der Waals surface area contributed by atoms with E-state index in [2.05, 4.69) is 20.8 Å². The van der Waals surface area contributed by atoms with Gasteiger partial charge in [-0.05, 0) is 66.1 Å². The fraction of sp³-hybridized carbons (Fsp3) is 0.393. The molecule has 1 amide bonds. The molecule has 0 saturated heterocycles. The van der Waals surface area contributed by atoms with Gasteiger partial charge in [0.05, 0.1) is 18.0 Å². The van der Waals surface area contributed by atoms with Gasteiger partial charge in [0.15, 0.2) is 11.5 Å². The molecule has 0 radical (unpaired) electrons. The summed E-state index contributed by atoms with van der Waals surface area (Å²) in [6.07, 6.45) is 0. The van der Waals surface area contributed by atoms with Crippen molar-refractivity contribution in [2.45, 2.75) is 64.1 Å². The number of carbonyl (C=O) groups excluding carboxylic acids is 1. The molecule has 3 aromatic rings. The monoisotopic (exact) mass is 542 g/mol. The van der Waals surface area contributed by atoms with Crippen LogP contribution in [0.2, 0.25) is 0 Å². The van der Waals surface area contributed by atoms with Crippen molar-refractivity contribution < 1.29 is 22.7 Å². The molecule has 9 heteroatoms. The van der Waals surface area contributed by atoms with Crippen LogP contribution >= 0.6 is 11.3 Å². The molecule has 1 aliphatic rings. The molecular weight excluding hydrogens is 508 g/mol. The lowest BCUT2D eigenvalue weighted by molar-refractivity contribution is -0.132. The van der Waals surface area contributed by atoms with E-state index < -0.39 is 16.1 Å². The van der Waals surface area contributed by atoms with Crippen LogP contribution in [0.25, 0.3) is 0 Å². The number of hydrogen-bond acceptors (Lipinski definition) is 6. The zero-order valence-electron chi connectivity index (χ0n) is 21.9. The van der Waals surface area contributed by atoms with E-state index in [1.54, 1.807) is 42.2 Å². The SMILES string of the molecule is CC(C)N(CC(=O)N(Cc1ccc2c(c1)OCO2)Cc1cccs1)S(=O)(=O)c1ccc(C(C)(C)C)cc1. The number of sulfonamides is 1. The summed E-state index contributed by atoms with van der Waals surface area (Å²) in [4.78, 5) is 16.5. The maximum atomic E-state index is 13.7. The minimum absolute atomic E-state index is 0.0903. The second-order valence-electron chi connectivity index (χ2n) is 10.4. The first kappa shape index (κ1) is 27.2. The number of nitrogens with zero attached hydrogens (tertiary/aromatic N) is 2. The Bertz CT molecular complexity index is 1330. The van der Waals surface area contributed by atoms with Crippen molar-refractivity contribution in [2.75, 3.05) is 13.3 Å². The Labute approximate surface area is 223 Å². The Morgan fingerprint density at radius 2 is 1.70 bits per heavy atom. The van der Waals surface area contributed by atoms with Crippen LogP contribution in [0.15, 0.2) is 64.9 Å². The molecule has 0 saturated carbocycles. The summed E-state index contributed by atoms with van der Waals surface area (Å²) in [7, 11) is -3.88. The van der Waals surface area contributed by atoms with Crippen LogP contribution in [0.4, 0.5) is 0 Å². The van der Waals surface area contributed by atoms with E-state index in [1.165, 1.54) is 4.31 Å². The number of rotatable bonds is 9. The molecule has 1 aromatic heterocycles. The molecule has 1 aliphatic heterocycles. The highest BCUT2D eigenvalue weighted by atomic mass is 32.2. The summed E-state index contributed by atoms with van der Waals surface area (Å²) in [6, 6.07) is 16.1. The third-order valence-electron chi connectivity index (χ3n) is 6.28. The molecule has 0 fully saturated rings. The first-order valence-corrected chi connectivity index (χ1v) is 14.6. The quantitative estimate of drug-likeness (QED) is 0.362. The van der Waals surface area contributed by atoms with Gasteiger partial charge in [-0.15, -0.1) is 11.3 Å². The molecule has 0 aliphatic carbocycles. The predicted octanol–water partition coefficient (Wildman–Crippen LogP) is 5.40. The first-order chi connectivity index (χ1) is 17.4. The van der Waals surface area contributed by atoms with Gasteiger partial charge in [0, 0.05) is 17.5 Å². The largest absolute Gasteiger partial charge is 0.454 e. The minimum Gasteiger partial charge on any atom is -0.454 e. The second kappa shape index (κ2) is 10.8. The van der Waals surface area contributed by atoms with Crippen LogP contribution in [-0.4, -0.2) is 42.9 Å². The molecule has 2 aromatic carbocycles. The van der Waals surface area contributed by atoms with Crippen molar-refractivity contribution in [3.05, 3.63) is 76.0 Å². The van der Waals surface area contributed by atoms with Crippen LogP contribution in [0.5, 0.6) is 11.5 Å². The Balaban J connectivity index is 1.58. The van der Waals surface area contributed by atoms with Gasteiger partial charge in [-0.2, -0.15) is 4.31 Å². The molecule has 0 atom stereocenters. The maximum Gasteiger partial charge on any atom is 0.243 e. The summed E-state index contributed by atoms with van der Waals surface area (Å²) in [6.45, 7) is 10.4. The highest BCUT2D eigenvalue weighted by Crippen LogP contribution is 2.33. The van der Waals surface area contributed by atoms with Gasteiger partial charge in [-0.1, -0.05) is 45.0 Å². The molecule has 37 heavy (non-hydrogen) atoms. The van der Waals surface area contributed by atoms with E-state index in [0.717, 1.165) is 16.0 Å². The van der Waals surface area contributed by atoms with Crippen LogP contribution in [0.3, 0.4) is 0 Å². The van der Waals surface area contributed by atoms with Crippen molar-refractivity contribution in [3.8, 4) is 11.5 Å². The van der Waals surface area contributed by atoms with Crippen LogP contribution < -0.4 is 9.47 Å². The average Bonchev–Trinajstić information content (AvgIpc) is 3.53. The van der Waals surface area contributed by atoms with Gasteiger partial charge in [-0.3, -0.25) is 4.79 Å². The number of fused-ring (bicyclic) bond motifs is 1. The number of thiophene rings is 1. The zero-order valence-corrected chi connectivity index (χ0v) is 23.6. The van der Waals surface area contributed by atoms with E-state index >= 15 is 0 Å². The van der Waals surface area contributed by atoms with Crippen molar-refractivity contribution in [2.24, 2.45) is 0 Å². The summed E-state index contributed by atoms with van der Waals surface area (Å²) in [5.74, 6) is 1.05. The number of ether oxygens (including phenoxy) is 2. The smallest absolute Gasteiger partial charge is 0.243 e. The zero-order chi connectivity index (χ0) is 26.8. The second-order valence-corrected chi connectivity index (χ2v) is 13.4. The standard InChI is InChI=1S/C28H34N2O5S2/c1-20(2)30(37(32,33)24-11-9-22(10-12-24)28(3,4)5)18-27(31)29(17-23-7-6-14-36-23)16-21-8-13-25-26(15-21)35-19-34-25/h6-15,20H,16-19H2,1-5H3. The number of hydrogen-bond donors (Lipinski definition) is 0. The molecule has 2 heterocycles. The number of amides is 1. The normalized spacial score (nSPS) is 13.4. The highest BCUT2D eigenvalue weighted by molar-refractivity contribution is 7.89. The van der Waals surface area contributed by atoms with Crippen molar-refractivity contribution in [1.82, 2.24) is 9.21 Å². The third kappa shape index (κ3) is 6.34. The van der Waals surface area contributed by atoms with Crippen molar-refractivity contribution >= 4 is 27.3 Å². The lowest BCUT2D eigenvalue weighted by Crippen LogP contribution is -2.45. The fourth-order valence-corrected chi connectivity index (χ4v) is 6.43. The maximum absolute atomic E-state index is 13.7. The lowest BCUT2D eigenvalue weighted by atomic mass is 9.87. The first-order valence-electron chi connectivity index (χ1n) is 12.3. The molecular formula is C28H34N2O5S2. The predicted molar refractivity (Wildman–Crippen MR) is 145 cm³/mol. The molecule has 0 spiro atoms. The van der Waals surface area contributed by atoms with E-state index in [1.807, 2.05) is 47.8 Å². The Hall–Kier alpha value is -2.88. The number of benzene rings is 2. The van der Waals surface area contributed by atoms with E-state index in [4.69, 9.17) is 9.47 Å². The Kier molecular flexibility index (Phi) is 7.96. The molecule has 7 nitrogen and oxygen atoms in total. The fourth-order valence-electron chi connectivity index (χ4n) is 4.12. The minimum atomic E-state index is -3.88. The van der Waals surface area contributed by atoms with Crippen LogP contribution in [0.1, 0.15) is 50.6 Å². The number of carbonyl (C=O) groups is 1. The molecule has 0 unspecified atom stereocenters. The van der Waals surface area contributed by atoms with Crippen LogP contribution in [0, 0.1) is 0 Å². The van der Waals surface area contributed by atoms with Gasteiger partial charge in [0.2, 0.25) is 22.7 Å². The van der Waals surface area contributed by atoms with E-state index in [9.17, 15) is 13.2 Å². The van der Waals surface area contributed by atoms with Gasteiger partial charge >= 0.3 is 0 Å². The van der Waals surface area contributed by atoms with Gasteiger partial charge in [0.1, 0.15) is 0 Å². The van der Waals surface area contributed by atoms with E-state index in [0.29, 0.717) is 24.6 Å². The van der Waals surface area contributed by atoms with Gasteiger partial charge in [-0.25, -0.2) is 8.42 Å². The summed E-state index contributed by atoms with van der Waals surface area (Å²) >= 11 is 1.56. The summed E-state index contributed by atoms with van der Waals surface area (Å²) < 4.78 is 39.4. The molecule has 198 valence electrons. The van der Waals surface area contributed by atoms with Crippen molar-refractivity contribution in [1.29, 1.82) is 0 Å². The van der Waals surface area contributed by atoms with Crippen LogP contribution in [-0.2, 0) is 33.3 Å². The topological polar surface area (TPSA) is 76.2 Å². The van der Waals surface area contributed by atoms with Crippen molar-refractivity contribution in [3.63, 3.8) is 0 Å². The Morgan fingerprint density at radius 3 is 2.32 bits per heavy atom. The molecule has 0 bridgehead atoms.